The van der Waals surface area contributed by atoms with E-state index in [1.54, 1.807) is 6.20 Å². The van der Waals surface area contributed by atoms with Crippen molar-refractivity contribution in [2.24, 2.45) is 11.8 Å². The van der Waals surface area contributed by atoms with Gasteiger partial charge in [0, 0.05) is 6.54 Å². The summed E-state index contributed by atoms with van der Waals surface area (Å²) in [5.41, 5.74) is 0.823. The van der Waals surface area contributed by atoms with Crippen LogP contribution in [0.2, 0.25) is 5.02 Å². The molecule has 1 N–H and O–H groups in total. The smallest absolute Gasteiger partial charge is 0.0999 e. The van der Waals surface area contributed by atoms with E-state index in [0.29, 0.717) is 10.9 Å². The molecule has 1 unspecified atom stereocenters. The number of aryl methyl sites for hydroxylation is 1. The number of halogens is 1. The van der Waals surface area contributed by atoms with E-state index in [4.69, 9.17) is 11.6 Å². The van der Waals surface area contributed by atoms with Crippen LogP contribution in [0.3, 0.4) is 0 Å². The van der Waals surface area contributed by atoms with E-state index in [9.17, 15) is 5.11 Å². The zero-order valence-electron chi connectivity index (χ0n) is 12.0. The normalized spacial score (nSPS) is 25.5. The summed E-state index contributed by atoms with van der Waals surface area (Å²) in [7, 11) is 0. The van der Waals surface area contributed by atoms with Gasteiger partial charge in [0.1, 0.15) is 0 Å². The van der Waals surface area contributed by atoms with Crippen molar-refractivity contribution in [2.45, 2.75) is 65.0 Å². The molecule has 1 aromatic heterocycles. The number of hydrogen-bond donors (Lipinski definition) is 1. The first kappa shape index (κ1) is 14.9. The zero-order valence-corrected chi connectivity index (χ0v) is 12.7. The fourth-order valence-corrected chi connectivity index (χ4v) is 3.44. The lowest BCUT2D eigenvalue weighted by Gasteiger charge is -2.31. The predicted octanol–water partition coefficient (Wildman–Crippen LogP) is 4.20. The largest absolute Gasteiger partial charge is 0.386 e. The summed E-state index contributed by atoms with van der Waals surface area (Å²) in [5.74, 6) is 1.19. The van der Waals surface area contributed by atoms with Crippen molar-refractivity contribution in [3.05, 3.63) is 16.9 Å². The van der Waals surface area contributed by atoms with Gasteiger partial charge in [-0.25, -0.2) is 0 Å². The van der Waals surface area contributed by atoms with E-state index in [-0.39, 0.29) is 0 Å². The SMILES string of the molecule is CCCn1ncc(Cl)c1C(O)C1CCC(CC)CC1. The molecular formula is C15H25ClN2O. The Morgan fingerprint density at radius 3 is 2.63 bits per heavy atom. The van der Waals surface area contributed by atoms with Crippen LogP contribution in [0.4, 0.5) is 0 Å². The van der Waals surface area contributed by atoms with E-state index >= 15 is 0 Å². The van der Waals surface area contributed by atoms with Crippen molar-refractivity contribution in [3.63, 3.8) is 0 Å². The molecule has 19 heavy (non-hydrogen) atoms. The standard InChI is InChI=1S/C15H25ClN2O/c1-3-9-18-14(13(16)10-17-18)15(19)12-7-5-11(4-2)6-8-12/h10-12,15,19H,3-9H2,1-2H3. The monoisotopic (exact) mass is 284 g/mol. The number of hydrogen-bond acceptors (Lipinski definition) is 2. The average Bonchev–Trinajstić information content (AvgIpc) is 2.80. The minimum absolute atomic E-state index is 0.340. The Morgan fingerprint density at radius 2 is 2.05 bits per heavy atom. The number of aromatic nitrogens is 2. The number of aliphatic hydroxyl groups is 1. The molecule has 1 fully saturated rings. The summed E-state index contributed by atoms with van der Waals surface area (Å²) in [4.78, 5) is 0. The Bertz CT molecular complexity index is 397. The molecule has 0 saturated heterocycles. The quantitative estimate of drug-likeness (QED) is 0.880. The first-order chi connectivity index (χ1) is 9.17. The van der Waals surface area contributed by atoms with E-state index in [1.807, 2.05) is 4.68 Å². The highest BCUT2D eigenvalue weighted by atomic mass is 35.5. The molecule has 1 saturated carbocycles. The van der Waals surface area contributed by atoms with Gasteiger partial charge in [-0.3, -0.25) is 4.68 Å². The Labute approximate surface area is 121 Å². The lowest BCUT2D eigenvalue weighted by molar-refractivity contribution is 0.0656. The Morgan fingerprint density at radius 1 is 1.37 bits per heavy atom. The van der Waals surface area contributed by atoms with Crippen molar-refractivity contribution in [2.75, 3.05) is 0 Å². The minimum Gasteiger partial charge on any atom is -0.386 e. The molecular weight excluding hydrogens is 260 g/mol. The molecule has 1 aliphatic carbocycles. The third kappa shape index (κ3) is 3.32. The summed E-state index contributed by atoms with van der Waals surface area (Å²) in [6, 6.07) is 0. The van der Waals surface area contributed by atoms with Gasteiger partial charge in [0.05, 0.1) is 23.0 Å². The van der Waals surface area contributed by atoms with Crippen LogP contribution in [0.1, 0.15) is 64.2 Å². The van der Waals surface area contributed by atoms with Gasteiger partial charge in [0.25, 0.3) is 0 Å². The van der Waals surface area contributed by atoms with Crippen LogP contribution in [0.25, 0.3) is 0 Å². The molecule has 0 bridgehead atoms. The summed E-state index contributed by atoms with van der Waals surface area (Å²) in [5, 5.41) is 15.5. The lowest BCUT2D eigenvalue weighted by atomic mass is 9.78. The van der Waals surface area contributed by atoms with Crippen LogP contribution in [-0.4, -0.2) is 14.9 Å². The molecule has 0 spiro atoms. The summed E-state index contributed by atoms with van der Waals surface area (Å²) >= 11 is 6.21. The van der Waals surface area contributed by atoms with Crippen LogP contribution in [0.15, 0.2) is 6.20 Å². The minimum atomic E-state index is -0.459. The van der Waals surface area contributed by atoms with Gasteiger partial charge in [0.15, 0.2) is 0 Å². The molecule has 4 heteroatoms. The third-order valence-corrected chi connectivity index (χ3v) is 4.76. The topological polar surface area (TPSA) is 38.0 Å². The van der Waals surface area contributed by atoms with Gasteiger partial charge in [-0.2, -0.15) is 5.10 Å². The second kappa shape index (κ2) is 6.76. The van der Waals surface area contributed by atoms with Gasteiger partial charge < -0.3 is 5.11 Å². The first-order valence-electron chi connectivity index (χ1n) is 7.56. The van der Waals surface area contributed by atoms with E-state index in [0.717, 1.165) is 37.4 Å². The second-order valence-corrected chi connectivity index (χ2v) is 6.14. The molecule has 0 amide bonds. The van der Waals surface area contributed by atoms with Crippen LogP contribution in [0.5, 0.6) is 0 Å². The zero-order chi connectivity index (χ0) is 13.8. The average molecular weight is 285 g/mol. The van der Waals surface area contributed by atoms with E-state index in [1.165, 1.54) is 19.3 Å². The molecule has 1 aliphatic rings. The van der Waals surface area contributed by atoms with Crippen LogP contribution >= 0.6 is 11.6 Å². The summed E-state index contributed by atoms with van der Waals surface area (Å²) in [6.07, 6.45) is 8.14. The van der Waals surface area contributed by atoms with Gasteiger partial charge in [-0.15, -0.1) is 0 Å². The molecule has 0 aliphatic heterocycles. The fourth-order valence-electron chi connectivity index (χ4n) is 3.19. The van der Waals surface area contributed by atoms with Gasteiger partial charge in [-0.05, 0) is 31.1 Å². The van der Waals surface area contributed by atoms with E-state index < -0.39 is 6.10 Å². The highest BCUT2D eigenvalue weighted by Gasteiger charge is 2.30. The third-order valence-electron chi connectivity index (χ3n) is 4.46. The van der Waals surface area contributed by atoms with Crippen molar-refractivity contribution < 1.29 is 5.11 Å². The molecule has 1 heterocycles. The summed E-state index contributed by atoms with van der Waals surface area (Å²) < 4.78 is 1.87. The molecule has 0 radical (unpaired) electrons. The maximum absolute atomic E-state index is 10.6. The van der Waals surface area contributed by atoms with Crippen molar-refractivity contribution in [1.82, 2.24) is 9.78 Å². The lowest BCUT2D eigenvalue weighted by Crippen LogP contribution is -2.22. The fraction of sp³-hybridized carbons (Fsp3) is 0.800. The molecule has 108 valence electrons. The summed E-state index contributed by atoms with van der Waals surface area (Å²) in [6.45, 7) is 5.19. The molecule has 1 aromatic rings. The van der Waals surface area contributed by atoms with Gasteiger partial charge in [-0.1, -0.05) is 44.7 Å². The van der Waals surface area contributed by atoms with Crippen LogP contribution in [0, 0.1) is 11.8 Å². The van der Waals surface area contributed by atoms with Crippen LogP contribution in [-0.2, 0) is 6.54 Å². The van der Waals surface area contributed by atoms with Gasteiger partial charge >= 0.3 is 0 Å². The Kier molecular flexibility index (Phi) is 5.28. The molecule has 3 nitrogen and oxygen atoms in total. The molecule has 0 aromatic carbocycles. The Balaban J connectivity index is 2.07. The Hall–Kier alpha value is -0.540. The van der Waals surface area contributed by atoms with Crippen molar-refractivity contribution in [1.29, 1.82) is 0 Å². The maximum Gasteiger partial charge on any atom is 0.0999 e. The van der Waals surface area contributed by atoms with E-state index in [2.05, 4.69) is 18.9 Å². The van der Waals surface area contributed by atoms with Crippen molar-refractivity contribution in [3.8, 4) is 0 Å². The number of rotatable bonds is 5. The highest BCUT2D eigenvalue weighted by molar-refractivity contribution is 6.31. The molecule has 2 rings (SSSR count). The second-order valence-electron chi connectivity index (χ2n) is 5.73. The van der Waals surface area contributed by atoms with Crippen molar-refractivity contribution >= 4 is 11.6 Å². The first-order valence-corrected chi connectivity index (χ1v) is 7.94. The van der Waals surface area contributed by atoms with Gasteiger partial charge in [0.2, 0.25) is 0 Å². The van der Waals surface area contributed by atoms with Crippen LogP contribution < -0.4 is 0 Å². The number of nitrogens with zero attached hydrogens (tertiary/aromatic N) is 2. The predicted molar refractivity (Wildman–Crippen MR) is 78.2 cm³/mol. The molecule has 1 atom stereocenters. The highest BCUT2D eigenvalue weighted by Crippen LogP contribution is 2.39. The number of aliphatic hydroxyl groups excluding tert-OH is 1. The maximum atomic E-state index is 10.6.